The molecule has 0 atom stereocenters. The number of rotatable bonds is 5. The standard InChI is InChI=1S/C11H10ClN3O3/c1-18-10-3-2-9(12)5-7(10)4-8(11(16)17)6-14-15-13/h2-5H,6H2,1H3,(H,16,17)/b8-4+. The highest BCUT2D eigenvalue weighted by molar-refractivity contribution is 6.30. The number of carboxylic acids is 1. The first kappa shape index (κ1) is 13.9. The van der Waals surface area contributed by atoms with Gasteiger partial charge in [0.05, 0.1) is 13.7 Å². The van der Waals surface area contributed by atoms with E-state index in [0.717, 1.165) is 0 Å². The third kappa shape index (κ3) is 3.69. The average Bonchev–Trinajstić information content (AvgIpc) is 2.34. The van der Waals surface area contributed by atoms with Gasteiger partial charge in [0.25, 0.3) is 0 Å². The Bertz CT molecular complexity index is 536. The number of nitrogens with zero attached hydrogens (tertiary/aromatic N) is 3. The fraction of sp³-hybridized carbons (Fsp3) is 0.182. The molecule has 0 aliphatic carbocycles. The van der Waals surface area contributed by atoms with Gasteiger partial charge in [0, 0.05) is 21.1 Å². The summed E-state index contributed by atoms with van der Waals surface area (Å²) in [5.74, 6) is -0.677. The van der Waals surface area contributed by atoms with Crippen LogP contribution in [0, 0.1) is 0 Å². The molecule has 94 valence electrons. The third-order valence-corrected chi connectivity index (χ3v) is 2.34. The van der Waals surface area contributed by atoms with Gasteiger partial charge >= 0.3 is 5.97 Å². The van der Waals surface area contributed by atoms with Crippen molar-refractivity contribution in [1.82, 2.24) is 0 Å². The summed E-state index contributed by atoms with van der Waals surface area (Å²) >= 11 is 5.83. The summed E-state index contributed by atoms with van der Waals surface area (Å²) in [7, 11) is 1.47. The molecular weight excluding hydrogens is 258 g/mol. The molecule has 1 aromatic carbocycles. The van der Waals surface area contributed by atoms with Crippen LogP contribution in [0.3, 0.4) is 0 Å². The molecule has 0 fully saturated rings. The Morgan fingerprint density at radius 3 is 2.94 bits per heavy atom. The number of halogens is 1. The Kier molecular flexibility index (Phi) is 5.05. The fourth-order valence-corrected chi connectivity index (χ4v) is 1.47. The predicted molar refractivity (Wildman–Crippen MR) is 67.6 cm³/mol. The van der Waals surface area contributed by atoms with Crippen LogP contribution in [-0.2, 0) is 4.79 Å². The molecule has 0 saturated carbocycles. The number of ether oxygens (including phenoxy) is 1. The van der Waals surface area contributed by atoms with Gasteiger partial charge in [0.2, 0.25) is 0 Å². The highest BCUT2D eigenvalue weighted by Crippen LogP contribution is 2.25. The van der Waals surface area contributed by atoms with Gasteiger partial charge < -0.3 is 9.84 Å². The zero-order chi connectivity index (χ0) is 13.5. The first-order chi connectivity index (χ1) is 8.58. The van der Waals surface area contributed by atoms with Crippen molar-refractivity contribution in [3.05, 3.63) is 44.8 Å². The number of carbonyl (C=O) groups is 1. The van der Waals surface area contributed by atoms with Crippen LogP contribution in [0.15, 0.2) is 28.9 Å². The number of azide groups is 1. The van der Waals surface area contributed by atoms with E-state index in [1.165, 1.54) is 13.2 Å². The smallest absolute Gasteiger partial charge is 0.331 e. The number of carboxylic acid groups (broad SMARTS) is 1. The van der Waals surface area contributed by atoms with E-state index in [1.807, 2.05) is 0 Å². The van der Waals surface area contributed by atoms with Crippen molar-refractivity contribution in [2.75, 3.05) is 13.7 Å². The van der Waals surface area contributed by atoms with Crippen molar-refractivity contribution in [2.24, 2.45) is 5.11 Å². The second kappa shape index (κ2) is 6.54. The van der Waals surface area contributed by atoms with E-state index in [1.54, 1.807) is 18.2 Å². The summed E-state index contributed by atoms with van der Waals surface area (Å²) < 4.78 is 5.09. The summed E-state index contributed by atoms with van der Waals surface area (Å²) in [5, 5.41) is 12.6. The van der Waals surface area contributed by atoms with Crippen molar-refractivity contribution in [3.63, 3.8) is 0 Å². The van der Waals surface area contributed by atoms with Gasteiger partial charge in [0.15, 0.2) is 0 Å². The zero-order valence-electron chi connectivity index (χ0n) is 9.50. The summed E-state index contributed by atoms with van der Waals surface area (Å²) in [6.45, 7) is -0.249. The van der Waals surface area contributed by atoms with Crippen LogP contribution in [0.4, 0.5) is 0 Å². The molecule has 0 aromatic heterocycles. The molecule has 0 aliphatic rings. The van der Waals surface area contributed by atoms with E-state index in [9.17, 15) is 4.79 Å². The molecule has 0 spiro atoms. The second-order valence-corrected chi connectivity index (χ2v) is 3.69. The summed E-state index contributed by atoms with van der Waals surface area (Å²) in [6, 6.07) is 4.83. The van der Waals surface area contributed by atoms with Crippen molar-refractivity contribution >= 4 is 23.6 Å². The van der Waals surface area contributed by atoms with Crippen molar-refractivity contribution in [1.29, 1.82) is 0 Å². The molecule has 0 aliphatic heterocycles. The molecule has 1 rings (SSSR count). The first-order valence-electron chi connectivity index (χ1n) is 4.86. The van der Waals surface area contributed by atoms with E-state index in [-0.39, 0.29) is 12.1 Å². The van der Waals surface area contributed by atoms with Crippen LogP contribution in [0.25, 0.3) is 16.5 Å². The van der Waals surface area contributed by atoms with E-state index in [2.05, 4.69) is 10.0 Å². The van der Waals surface area contributed by atoms with Gasteiger partial charge in [-0.05, 0) is 29.8 Å². The molecule has 1 aromatic rings. The Morgan fingerprint density at radius 1 is 1.67 bits per heavy atom. The van der Waals surface area contributed by atoms with Crippen LogP contribution < -0.4 is 4.74 Å². The molecule has 18 heavy (non-hydrogen) atoms. The Labute approximate surface area is 108 Å². The largest absolute Gasteiger partial charge is 0.496 e. The Morgan fingerprint density at radius 2 is 2.39 bits per heavy atom. The number of benzene rings is 1. The van der Waals surface area contributed by atoms with Crippen LogP contribution in [-0.4, -0.2) is 24.7 Å². The van der Waals surface area contributed by atoms with Gasteiger partial charge in [-0.2, -0.15) is 0 Å². The highest BCUT2D eigenvalue weighted by Gasteiger charge is 2.09. The van der Waals surface area contributed by atoms with Crippen molar-refractivity contribution in [2.45, 2.75) is 0 Å². The minimum atomic E-state index is -1.16. The average molecular weight is 268 g/mol. The molecular formula is C11H10ClN3O3. The number of hydrogen-bond acceptors (Lipinski definition) is 3. The van der Waals surface area contributed by atoms with E-state index < -0.39 is 5.97 Å². The molecule has 0 heterocycles. The lowest BCUT2D eigenvalue weighted by molar-refractivity contribution is -0.132. The lowest BCUT2D eigenvalue weighted by atomic mass is 10.1. The van der Waals surface area contributed by atoms with Gasteiger partial charge in [-0.15, -0.1) is 0 Å². The van der Waals surface area contributed by atoms with E-state index in [4.69, 9.17) is 27.0 Å². The Hall–Kier alpha value is -2.17. The van der Waals surface area contributed by atoms with Crippen LogP contribution in [0.5, 0.6) is 5.75 Å². The van der Waals surface area contributed by atoms with Gasteiger partial charge in [-0.3, -0.25) is 0 Å². The molecule has 0 radical (unpaired) electrons. The molecule has 0 bridgehead atoms. The SMILES string of the molecule is COc1ccc(Cl)cc1/C=C(\CN=[N+]=[N-])C(=O)O. The maximum atomic E-state index is 11.0. The summed E-state index contributed by atoms with van der Waals surface area (Å²) in [4.78, 5) is 13.5. The minimum Gasteiger partial charge on any atom is -0.496 e. The normalized spacial score (nSPS) is 10.7. The van der Waals surface area contributed by atoms with Crippen LogP contribution in [0.2, 0.25) is 5.02 Å². The quantitative estimate of drug-likeness (QED) is 0.384. The molecule has 7 heteroatoms. The molecule has 6 nitrogen and oxygen atoms in total. The maximum absolute atomic E-state index is 11.0. The van der Waals surface area contributed by atoms with Crippen LogP contribution in [0.1, 0.15) is 5.56 Å². The Balaban J connectivity index is 3.21. The van der Waals surface area contributed by atoms with Gasteiger partial charge in [-0.25, -0.2) is 4.79 Å². The summed E-state index contributed by atoms with van der Waals surface area (Å²) in [6.07, 6.45) is 1.36. The lowest BCUT2D eigenvalue weighted by Gasteiger charge is -2.06. The molecule has 1 N–H and O–H groups in total. The first-order valence-corrected chi connectivity index (χ1v) is 5.24. The lowest BCUT2D eigenvalue weighted by Crippen LogP contribution is -2.03. The minimum absolute atomic E-state index is 0.0478. The summed E-state index contributed by atoms with van der Waals surface area (Å²) in [5.41, 5.74) is 8.66. The highest BCUT2D eigenvalue weighted by atomic mass is 35.5. The van der Waals surface area contributed by atoms with Gasteiger partial charge in [0.1, 0.15) is 5.75 Å². The van der Waals surface area contributed by atoms with E-state index >= 15 is 0 Å². The number of aliphatic carboxylic acids is 1. The fourth-order valence-electron chi connectivity index (χ4n) is 1.29. The number of hydrogen-bond donors (Lipinski definition) is 1. The molecule has 0 unspecified atom stereocenters. The van der Waals surface area contributed by atoms with E-state index in [0.29, 0.717) is 16.3 Å². The van der Waals surface area contributed by atoms with Crippen molar-refractivity contribution in [3.8, 4) is 5.75 Å². The van der Waals surface area contributed by atoms with Gasteiger partial charge in [-0.1, -0.05) is 16.7 Å². The third-order valence-electron chi connectivity index (χ3n) is 2.10. The topological polar surface area (TPSA) is 95.3 Å². The maximum Gasteiger partial charge on any atom is 0.331 e. The number of methoxy groups -OCH3 is 1. The molecule has 0 saturated heterocycles. The van der Waals surface area contributed by atoms with Crippen LogP contribution >= 0.6 is 11.6 Å². The van der Waals surface area contributed by atoms with Crippen molar-refractivity contribution < 1.29 is 14.6 Å². The monoisotopic (exact) mass is 267 g/mol. The predicted octanol–water partition coefficient (Wildman–Crippen LogP) is 3.13. The second-order valence-electron chi connectivity index (χ2n) is 3.25. The molecule has 0 amide bonds. The zero-order valence-corrected chi connectivity index (χ0v) is 10.3.